The number of hydrogen-bond donors (Lipinski definition) is 0. The number of thiazole rings is 1. The van der Waals surface area contributed by atoms with E-state index in [1.54, 1.807) is 11.9 Å². The second-order valence-corrected chi connectivity index (χ2v) is 7.50. The summed E-state index contributed by atoms with van der Waals surface area (Å²) in [6, 6.07) is 11.2. The van der Waals surface area contributed by atoms with E-state index in [0.29, 0.717) is 15.9 Å². The molecule has 0 saturated heterocycles. The third kappa shape index (κ3) is 3.97. The molecule has 0 atom stereocenters. The van der Waals surface area contributed by atoms with Gasteiger partial charge in [0.1, 0.15) is 4.88 Å². The highest BCUT2D eigenvalue weighted by Gasteiger charge is 2.21. The Bertz CT molecular complexity index is 959. The number of carbonyl (C=O) groups is 2. The Balaban J connectivity index is 1.77. The molecule has 6 nitrogen and oxygen atoms in total. The highest BCUT2D eigenvalue weighted by atomic mass is 79.9. The molecule has 0 fully saturated rings. The number of ketones is 1. The SMILES string of the molecule is CN(Cc1ccccc1)C(=O)c1cnc(C(=O)c2cc(Br)cnc2[NH])s1. The molecule has 2 aromatic heterocycles. The van der Waals surface area contributed by atoms with Gasteiger partial charge in [-0.05, 0) is 27.6 Å². The summed E-state index contributed by atoms with van der Waals surface area (Å²) in [5.41, 5.74) is 8.94. The number of nitrogens with one attached hydrogen (secondary N) is 1. The van der Waals surface area contributed by atoms with Gasteiger partial charge >= 0.3 is 0 Å². The number of hydrogen-bond acceptors (Lipinski definition) is 5. The van der Waals surface area contributed by atoms with E-state index in [-0.39, 0.29) is 22.3 Å². The molecule has 0 saturated carbocycles. The predicted molar refractivity (Wildman–Crippen MR) is 102 cm³/mol. The van der Waals surface area contributed by atoms with Crippen LogP contribution in [0.3, 0.4) is 0 Å². The van der Waals surface area contributed by atoms with E-state index in [4.69, 9.17) is 5.73 Å². The van der Waals surface area contributed by atoms with Gasteiger partial charge in [0.05, 0.1) is 11.8 Å². The molecule has 1 radical (unpaired) electrons. The summed E-state index contributed by atoms with van der Waals surface area (Å²) < 4.78 is 0.604. The Kier molecular flexibility index (Phi) is 5.43. The third-order valence-electron chi connectivity index (χ3n) is 3.62. The number of halogens is 1. The lowest BCUT2D eigenvalue weighted by Gasteiger charge is -2.15. The summed E-state index contributed by atoms with van der Waals surface area (Å²) in [7, 11) is 1.71. The molecular weight excluding hydrogens is 416 g/mol. The minimum Gasteiger partial charge on any atom is -0.337 e. The van der Waals surface area contributed by atoms with Crippen LogP contribution in [-0.2, 0) is 6.54 Å². The predicted octanol–water partition coefficient (Wildman–Crippen LogP) is 3.72. The fourth-order valence-electron chi connectivity index (χ4n) is 2.32. The smallest absolute Gasteiger partial charge is 0.265 e. The van der Waals surface area contributed by atoms with Gasteiger partial charge in [-0.15, -0.1) is 11.3 Å². The topological polar surface area (TPSA) is 87.0 Å². The fraction of sp³-hybridized carbons (Fsp3) is 0.111. The van der Waals surface area contributed by atoms with Gasteiger partial charge in [-0.2, -0.15) is 0 Å². The van der Waals surface area contributed by atoms with Crippen molar-refractivity contribution in [1.82, 2.24) is 20.6 Å². The molecule has 0 aliphatic heterocycles. The molecule has 8 heteroatoms. The van der Waals surface area contributed by atoms with Crippen LogP contribution in [0.15, 0.2) is 53.3 Å². The number of benzene rings is 1. The fourth-order valence-corrected chi connectivity index (χ4v) is 3.52. The number of carbonyl (C=O) groups excluding carboxylic acids is 2. The van der Waals surface area contributed by atoms with Crippen LogP contribution in [0.25, 0.3) is 0 Å². The first-order valence-corrected chi connectivity index (χ1v) is 9.23. The van der Waals surface area contributed by atoms with Crippen LogP contribution in [0.4, 0.5) is 5.82 Å². The summed E-state index contributed by atoms with van der Waals surface area (Å²) in [4.78, 5) is 35.0. The van der Waals surface area contributed by atoms with E-state index >= 15 is 0 Å². The summed E-state index contributed by atoms with van der Waals surface area (Å²) in [5.74, 6) is -0.745. The van der Waals surface area contributed by atoms with E-state index in [2.05, 4.69) is 25.9 Å². The Labute approximate surface area is 162 Å². The molecule has 0 aliphatic rings. The van der Waals surface area contributed by atoms with E-state index in [1.807, 2.05) is 30.3 Å². The first-order chi connectivity index (χ1) is 12.5. The molecule has 1 aromatic carbocycles. The van der Waals surface area contributed by atoms with Crippen molar-refractivity contribution < 1.29 is 9.59 Å². The number of rotatable bonds is 5. The van der Waals surface area contributed by atoms with Crippen LogP contribution in [0.1, 0.15) is 30.6 Å². The maximum Gasteiger partial charge on any atom is 0.265 e. The van der Waals surface area contributed by atoms with E-state index in [1.165, 1.54) is 18.5 Å². The number of amides is 1. The quantitative estimate of drug-likeness (QED) is 0.578. The molecule has 3 aromatic rings. The van der Waals surface area contributed by atoms with Gasteiger partial charge in [-0.3, -0.25) is 15.3 Å². The van der Waals surface area contributed by atoms with Gasteiger partial charge in [0.25, 0.3) is 5.91 Å². The van der Waals surface area contributed by atoms with Crippen molar-refractivity contribution in [3.05, 3.63) is 74.3 Å². The highest BCUT2D eigenvalue weighted by Crippen LogP contribution is 2.23. The lowest BCUT2D eigenvalue weighted by atomic mass is 10.2. The maximum absolute atomic E-state index is 12.6. The van der Waals surface area contributed by atoms with Gasteiger partial charge in [0, 0.05) is 24.3 Å². The Morgan fingerprint density at radius 1 is 1.19 bits per heavy atom. The number of aromatic nitrogens is 2. The van der Waals surface area contributed by atoms with Crippen molar-refractivity contribution in [1.29, 1.82) is 0 Å². The van der Waals surface area contributed by atoms with E-state index < -0.39 is 5.78 Å². The standard InChI is InChI=1S/C18H14BrN4O2S/c1-23(10-11-5-3-2-4-6-11)18(25)14-9-22-17(26-14)15(24)13-7-12(19)8-21-16(13)20/h2-9,20H,10H2,1H3. The van der Waals surface area contributed by atoms with E-state index in [0.717, 1.165) is 16.9 Å². The highest BCUT2D eigenvalue weighted by molar-refractivity contribution is 9.10. The van der Waals surface area contributed by atoms with E-state index in [9.17, 15) is 9.59 Å². The number of pyridine rings is 1. The van der Waals surface area contributed by atoms with Crippen LogP contribution in [-0.4, -0.2) is 33.6 Å². The molecule has 26 heavy (non-hydrogen) atoms. The Morgan fingerprint density at radius 2 is 1.92 bits per heavy atom. The van der Waals surface area contributed by atoms with Crippen LogP contribution in [0.5, 0.6) is 0 Å². The maximum atomic E-state index is 12.6. The molecule has 0 unspecified atom stereocenters. The normalized spacial score (nSPS) is 10.5. The molecule has 0 spiro atoms. The molecule has 1 N–H and O–H groups in total. The van der Waals surface area contributed by atoms with Crippen molar-refractivity contribution in [2.75, 3.05) is 7.05 Å². The lowest BCUT2D eigenvalue weighted by molar-refractivity contribution is 0.0789. The molecule has 3 rings (SSSR count). The minimum atomic E-state index is -0.418. The van der Waals surface area contributed by atoms with Gasteiger partial charge in [-0.1, -0.05) is 30.3 Å². The second-order valence-electron chi connectivity index (χ2n) is 5.56. The Hall–Kier alpha value is -2.58. The van der Waals surface area contributed by atoms with Crippen molar-refractivity contribution in [3.8, 4) is 0 Å². The molecule has 0 aliphatic carbocycles. The van der Waals surface area contributed by atoms with Crippen LogP contribution in [0.2, 0.25) is 0 Å². The van der Waals surface area contributed by atoms with Gasteiger partial charge < -0.3 is 4.90 Å². The largest absolute Gasteiger partial charge is 0.337 e. The van der Waals surface area contributed by atoms with Crippen LogP contribution >= 0.6 is 27.3 Å². The third-order valence-corrected chi connectivity index (χ3v) is 5.04. The second kappa shape index (κ2) is 7.76. The van der Waals surface area contributed by atoms with Crippen molar-refractivity contribution in [2.45, 2.75) is 6.54 Å². The zero-order valence-corrected chi connectivity index (χ0v) is 16.2. The first kappa shape index (κ1) is 18.2. The summed E-state index contributed by atoms with van der Waals surface area (Å²) in [6.07, 6.45) is 2.85. The molecular formula is C18H14BrN4O2S. The van der Waals surface area contributed by atoms with Gasteiger partial charge in [0.15, 0.2) is 10.8 Å². The minimum absolute atomic E-state index is 0.123. The number of nitrogens with zero attached hydrogens (tertiary/aromatic N) is 3. The Morgan fingerprint density at radius 3 is 2.65 bits per heavy atom. The summed E-state index contributed by atoms with van der Waals surface area (Å²) >= 11 is 4.26. The van der Waals surface area contributed by atoms with Crippen molar-refractivity contribution in [2.24, 2.45) is 0 Å². The average molecular weight is 430 g/mol. The molecule has 0 bridgehead atoms. The first-order valence-electron chi connectivity index (χ1n) is 7.63. The monoisotopic (exact) mass is 429 g/mol. The van der Waals surface area contributed by atoms with Crippen molar-refractivity contribution >= 4 is 44.8 Å². The van der Waals surface area contributed by atoms with Crippen LogP contribution < -0.4 is 5.73 Å². The molecule has 1 amide bonds. The summed E-state index contributed by atoms with van der Waals surface area (Å²) in [5, 5.41) is 0.162. The summed E-state index contributed by atoms with van der Waals surface area (Å²) in [6.45, 7) is 0.466. The average Bonchev–Trinajstić information content (AvgIpc) is 3.13. The molecule has 2 heterocycles. The lowest BCUT2D eigenvalue weighted by Crippen LogP contribution is -2.25. The molecule has 131 valence electrons. The van der Waals surface area contributed by atoms with Crippen molar-refractivity contribution in [3.63, 3.8) is 0 Å². The van der Waals surface area contributed by atoms with Gasteiger partial charge in [-0.25, -0.2) is 9.97 Å². The zero-order chi connectivity index (χ0) is 18.7. The van der Waals surface area contributed by atoms with Crippen LogP contribution in [0, 0.1) is 0 Å². The zero-order valence-electron chi connectivity index (χ0n) is 13.8. The van der Waals surface area contributed by atoms with Gasteiger partial charge in [0.2, 0.25) is 5.78 Å².